The van der Waals surface area contributed by atoms with Crippen LogP contribution in [-0.2, 0) is 20.6 Å². The van der Waals surface area contributed by atoms with Crippen LogP contribution in [0.25, 0.3) is 0 Å². The minimum atomic E-state index is -1.67. The van der Waals surface area contributed by atoms with E-state index in [9.17, 15) is 9.00 Å². The Morgan fingerprint density at radius 3 is 2.46 bits per heavy atom. The molecular formula is C8H16O4S. The van der Waals surface area contributed by atoms with E-state index in [1.54, 1.807) is 0 Å². The maximum absolute atomic E-state index is 10.6. The fourth-order valence-electron chi connectivity index (χ4n) is 0.950. The van der Waals surface area contributed by atoms with Crippen molar-refractivity contribution in [2.45, 2.75) is 32.1 Å². The van der Waals surface area contributed by atoms with Gasteiger partial charge in [0, 0.05) is 12.2 Å². The summed E-state index contributed by atoms with van der Waals surface area (Å²) in [4.78, 5) is 10.6. The highest BCUT2D eigenvalue weighted by molar-refractivity contribution is 7.79. The third kappa shape index (κ3) is 9.49. The zero-order valence-corrected chi connectivity index (χ0v) is 8.64. The van der Waals surface area contributed by atoms with Crippen molar-refractivity contribution in [1.82, 2.24) is 0 Å². The van der Waals surface area contributed by atoms with Gasteiger partial charge in [-0.2, -0.15) is 0 Å². The fourth-order valence-corrected chi connectivity index (χ4v) is 1.40. The van der Waals surface area contributed by atoms with Crippen molar-refractivity contribution < 1.29 is 18.3 Å². The highest BCUT2D eigenvalue weighted by Crippen LogP contribution is 2.04. The van der Waals surface area contributed by atoms with Crippen LogP contribution in [0.5, 0.6) is 0 Å². The number of carbonyl (C=O) groups is 1. The van der Waals surface area contributed by atoms with Crippen molar-refractivity contribution in [3.8, 4) is 0 Å². The molecule has 0 aliphatic carbocycles. The van der Waals surface area contributed by atoms with Gasteiger partial charge >= 0.3 is 5.97 Å². The summed E-state index contributed by atoms with van der Waals surface area (Å²) >= 11 is -1.67. The molecule has 0 amide bonds. The third-order valence-electron chi connectivity index (χ3n) is 1.68. The lowest BCUT2D eigenvalue weighted by Crippen LogP contribution is -1.99. The molecule has 78 valence electrons. The normalized spacial score (nSPS) is 12.5. The Hall–Kier alpha value is -0.420. The van der Waals surface area contributed by atoms with Crippen molar-refractivity contribution >= 4 is 17.0 Å². The van der Waals surface area contributed by atoms with Crippen LogP contribution in [0.15, 0.2) is 0 Å². The van der Waals surface area contributed by atoms with Gasteiger partial charge in [-0.3, -0.25) is 4.79 Å². The molecule has 0 heterocycles. The Labute approximate surface area is 80.9 Å². The van der Waals surface area contributed by atoms with E-state index in [-0.39, 0.29) is 5.97 Å². The Bertz CT molecular complexity index is 170. The summed E-state index contributed by atoms with van der Waals surface area (Å²) in [5.74, 6) is 0.142. The molecule has 0 aromatic heterocycles. The summed E-state index contributed by atoms with van der Waals surface area (Å²) in [7, 11) is 1.37. The summed E-state index contributed by atoms with van der Waals surface area (Å²) in [5.41, 5.74) is 0. The van der Waals surface area contributed by atoms with Crippen LogP contribution in [0.1, 0.15) is 32.1 Å². The lowest BCUT2D eigenvalue weighted by Gasteiger charge is -1.99. The molecule has 0 aromatic rings. The van der Waals surface area contributed by atoms with Gasteiger partial charge in [-0.25, -0.2) is 4.21 Å². The van der Waals surface area contributed by atoms with Crippen LogP contribution in [0.4, 0.5) is 0 Å². The summed E-state index contributed by atoms with van der Waals surface area (Å²) in [6, 6.07) is 0. The second-order valence-corrected chi connectivity index (χ2v) is 3.82. The molecule has 0 saturated carbocycles. The Balaban J connectivity index is 3.08. The summed E-state index contributed by atoms with van der Waals surface area (Å²) in [5, 5.41) is 0. The predicted octanol–water partition coefficient (Wildman–Crippen LogP) is 1.33. The van der Waals surface area contributed by atoms with E-state index in [1.807, 2.05) is 0 Å². The number of hydrogen-bond acceptors (Lipinski definition) is 3. The second kappa shape index (κ2) is 8.19. The van der Waals surface area contributed by atoms with Gasteiger partial charge in [0.2, 0.25) is 0 Å². The number of hydrogen-bond donors (Lipinski definition) is 1. The standard InChI is InChI=1S/C8H16O4S/c1-12-8(9)6-4-2-3-5-7-13(10)11/h2-7H2,1H3,(H,10,11). The molecule has 0 aliphatic rings. The topological polar surface area (TPSA) is 63.6 Å². The quantitative estimate of drug-likeness (QED) is 0.389. The van der Waals surface area contributed by atoms with Gasteiger partial charge in [0.25, 0.3) is 0 Å². The van der Waals surface area contributed by atoms with E-state index >= 15 is 0 Å². The van der Waals surface area contributed by atoms with Gasteiger partial charge < -0.3 is 9.29 Å². The summed E-state index contributed by atoms with van der Waals surface area (Å²) < 4.78 is 23.1. The van der Waals surface area contributed by atoms with E-state index in [4.69, 9.17) is 4.55 Å². The molecule has 0 rings (SSSR count). The van der Waals surface area contributed by atoms with E-state index in [1.165, 1.54) is 7.11 Å². The van der Waals surface area contributed by atoms with Crippen LogP contribution in [0, 0.1) is 0 Å². The SMILES string of the molecule is COC(=O)CCCCCCS(=O)O. The van der Waals surface area contributed by atoms with Crippen LogP contribution in [-0.4, -0.2) is 27.6 Å². The van der Waals surface area contributed by atoms with Gasteiger partial charge in [-0.1, -0.05) is 12.8 Å². The third-order valence-corrected chi connectivity index (χ3v) is 2.32. The second-order valence-electron chi connectivity index (χ2n) is 2.77. The Morgan fingerprint density at radius 2 is 1.92 bits per heavy atom. The van der Waals surface area contributed by atoms with Crippen LogP contribution < -0.4 is 0 Å². The van der Waals surface area contributed by atoms with Crippen molar-refractivity contribution in [1.29, 1.82) is 0 Å². The summed E-state index contributed by atoms with van der Waals surface area (Å²) in [6.07, 6.45) is 3.78. The number of unbranched alkanes of at least 4 members (excludes halogenated alkanes) is 3. The van der Waals surface area contributed by atoms with Crippen molar-refractivity contribution in [2.24, 2.45) is 0 Å². The average Bonchev–Trinajstić information content (AvgIpc) is 2.10. The maximum atomic E-state index is 10.6. The average molecular weight is 208 g/mol. The van der Waals surface area contributed by atoms with E-state index in [0.29, 0.717) is 12.2 Å². The lowest BCUT2D eigenvalue weighted by atomic mass is 10.2. The first-order valence-corrected chi connectivity index (χ1v) is 5.58. The van der Waals surface area contributed by atoms with Crippen molar-refractivity contribution in [2.75, 3.05) is 12.9 Å². The first-order chi connectivity index (χ1) is 6.16. The minimum absolute atomic E-state index is 0.189. The molecule has 0 aliphatic heterocycles. The first-order valence-electron chi connectivity index (χ1n) is 4.31. The van der Waals surface area contributed by atoms with Crippen LogP contribution >= 0.6 is 0 Å². The molecule has 1 atom stereocenters. The smallest absolute Gasteiger partial charge is 0.305 e. The molecule has 0 bridgehead atoms. The molecule has 0 fully saturated rings. The Morgan fingerprint density at radius 1 is 1.31 bits per heavy atom. The molecule has 0 radical (unpaired) electrons. The molecule has 1 N–H and O–H groups in total. The number of rotatable bonds is 7. The van der Waals surface area contributed by atoms with Crippen molar-refractivity contribution in [3.63, 3.8) is 0 Å². The van der Waals surface area contributed by atoms with E-state index < -0.39 is 11.1 Å². The van der Waals surface area contributed by atoms with Gasteiger partial charge in [0.15, 0.2) is 11.1 Å². The molecule has 13 heavy (non-hydrogen) atoms. The molecular weight excluding hydrogens is 192 g/mol. The highest BCUT2D eigenvalue weighted by atomic mass is 32.2. The number of esters is 1. The van der Waals surface area contributed by atoms with E-state index in [0.717, 1.165) is 25.7 Å². The van der Waals surface area contributed by atoms with Gasteiger partial charge in [-0.05, 0) is 12.8 Å². The van der Waals surface area contributed by atoms with E-state index in [2.05, 4.69) is 4.74 Å². The molecule has 5 heteroatoms. The largest absolute Gasteiger partial charge is 0.469 e. The predicted molar refractivity (Wildman–Crippen MR) is 50.7 cm³/mol. The summed E-state index contributed by atoms with van der Waals surface area (Å²) in [6.45, 7) is 0. The zero-order chi connectivity index (χ0) is 10.1. The number of ether oxygens (including phenoxy) is 1. The molecule has 0 spiro atoms. The molecule has 0 saturated heterocycles. The van der Waals surface area contributed by atoms with Gasteiger partial charge in [0.05, 0.1) is 7.11 Å². The van der Waals surface area contributed by atoms with Gasteiger partial charge in [0.1, 0.15) is 0 Å². The lowest BCUT2D eigenvalue weighted by molar-refractivity contribution is -0.140. The zero-order valence-electron chi connectivity index (χ0n) is 7.82. The van der Waals surface area contributed by atoms with Crippen LogP contribution in [0.2, 0.25) is 0 Å². The first kappa shape index (κ1) is 12.6. The molecule has 4 nitrogen and oxygen atoms in total. The fraction of sp³-hybridized carbons (Fsp3) is 0.875. The molecule has 0 aromatic carbocycles. The van der Waals surface area contributed by atoms with Gasteiger partial charge in [-0.15, -0.1) is 0 Å². The van der Waals surface area contributed by atoms with Crippen LogP contribution in [0.3, 0.4) is 0 Å². The number of methoxy groups -OCH3 is 1. The Kier molecular flexibility index (Phi) is 7.93. The minimum Gasteiger partial charge on any atom is -0.469 e. The number of carbonyl (C=O) groups excluding carboxylic acids is 1. The van der Waals surface area contributed by atoms with Crippen molar-refractivity contribution in [3.05, 3.63) is 0 Å². The molecule has 1 unspecified atom stereocenters. The maximum Gasteiger partial charge on any atom is 0.305 e. The monoisotopic (exact) mass is 208 g/mol. The highest BCUT2D eigenvalue weighted by Gasteiger charge is 1.99.